The normalized spacial score (nSPS) is 9.90. The molecule has 1 aromatic rings. The standard InChI is InChI=1S/C13H16N2O5/c1-3-8-14(9-12(16)20-2)13(17)10-6-4-5-7-11(10)15(18)19/h4-7H,3,8-9H2,1-2H3. The van der Waals surface area contributed by atoms with Gasteiger partial charge in [0.1, 0.15) is 12.1 Å². The highest BCUT2D eigenvalue weighted by Gasteiger charge is 2.25. The number of nitro groups is 1. The van der Waals surface area contributed by atoms with Gasteiger partial charge in [0.15, 0.2) is 0 Å². The summed E-state index contributed by atoms with van der Waals surface area (Å²) in [7, 11) is 1.22. The van der Waals surface area contributed by atoms with E-state index in [9.17, 15) is 19.7 Å². The van der Waals surface area contributed by atoms with Crippen LogP contribution in [0.3, 0.4) is 0 Å². The Labute approximate surface area is 116 Å². The number of esters is 1. The monoisotopic (exact) mass is 280 g/mol. The molecule has 1 rings (SSSR count). The summed E-state index contributed by atoms with van der Waals surface area (Å²) in [6.07, 6.45) is 0.628. The molecule has 20 heavy (non-hydrogen) atoms. The highest BCUT2D eigenvalue weighted by atomic mass is 16.6. The van der Waals surface area contributed by atoms with Crippen LogP contribution in [-0.2, 0) is 9.53 Å². The molecule has 1 amide bonds. The number of nitro benzene ring substituents is 1. The summed E-state index contributed by atoms with van der Waals surface area (Å²) >= 11 is 0. The molecule has 0 aromatic heterocycles. The lowest BCUT2D eigenvalue weighted by molar-refractivity contribution is -0.385. The fourth-order valence-corrected chi connectivity index (χ4v) is 1.73. The number of para-hydroxylation sites is 1. The van der Waals surface area contributed by atoms with E-state index in [0.717, 1.165) is 0 Å². The molecule has 0 aliphatic heterocycles. The minimum atomic E-state index is -0.616. The Hall–Kier alpha value is -2.44. The van der Waals surface area contributed by atoms with Crippen molar-refractivity contribution in [1.82, 2.24) is 4.90 Å². The second kappa shape index (κ2) is 7.22. The molecule has 1 aromatic carbocycles. The fourth-order valence-electron chi connectivity index (χ4n) is 1.73. The molecule has 7 heteroatoms. The molecular formula is C13H16N2O5. The van der Waals surface area contributed by atoms with Gasteiger partial charge in [-0.3, -0.25) is 19.7 Å². The summed E-state index contributed by atoms with van der Waals surface area (Å²) in [6, 6.07) is 5.66. The van der Waals surface area contributed by atoms with Gasteiger partial charge in [-0.25, -0.2) is 0 Å². The number of hydrogen-bond acceptors (Lipinski definition) is 5. The van der Waals surface area contributed by atoms with Gasteiger partial charge >= 0.3 is 5.97 Å². The summed E-state index contributed by atoms with van der Waals surface area (Å²) in [5, 5.41) is 10.9. The van der Waals surface area contributed by atoms with Crippen molar-refractivity contribution in [3.63, 3.8) is 0 Å². The summed E-state index contributed by atoms with van der Waals surface area (Å²) in [4.78, 5) is 35.2. The molecule has 0 spiro atoms. The Morgan fingerprint density at radius 2 is 2.00 bits per heavy atom. The molecule has 0 radical (unpaired) electrons. The molecule has 0 bridgehead atoms. The van der Waals surface area contributed by atoms with Gasteiger partial charge < -0.3 is 9.64 Å². The summed E-state index contributed by atoms with van der Waals surface area (Å²) in [6.45, 7) is 1.94. The lowest BCUT2D eigenvalue weighted by Gasteiger charge is -2.20. The zero-order chi connectivity index (χ0) is 15.1. The maximum atomic E-state index is 12.3. The van der Waals surface area contributed by atoms with Crippen LogP contribution in [0.1, 0.15) is 23.7 Å². The Kier molecular flexibility index (Phi) is 5.64. The molecule has 7 nitrogen and oxygen atoms in total. The molecule has 0 heterocycles. The quantitative estimate of drug-likeness (QED) is 0.448. The number of methoxy groups -OCH3 is 1. The van der Waals surface area contributed by atoms with Crippen LogP contribution in [0.4, 0.5) is 5.69 Å². The van der Waals surface area contributed by atoms with E-state index in [1.165, 1.54) is 30.2 Å². The minimum absolute atomic E-state index is 0.0325. The van der Waals surface area contributed by atoms with Gasteiger partial charge in [-0.2, -0.15) is 0 Å². The van der Waals surface area contributed by atoms with Crippen molar-refractivity contribution in [1.29, 1.82) is 0 Å². The van der Waals surface area contributed by atoms with Crippen LogP contribution >= 0.6 is 0 Å². The largest absolute Gasteiger partial charge is 0.468 e. The van der Waals surface area contributed by atoms with Gasteiger partial charge in [-0.15, -0.1) is 0 Å². The molecule has 0 saturated heterocycles. The van der Waals surface area contributed by atoms with E-state index >= 15 is 0 Å². The third-order valence-electron chi connectivity index (χ3n) is 2.66. The van der Waals surface area contributed by atoms with Crippen molar-refractivity contribution in [2.75, 3.05) is 20.2 Å². The Morgan fingerprint density at radius 1 is 1.35 bits per heavy atom. The summed E-state index contributed by atoms with van der Waals surface area (Å²) in [5.41, 5.74) is -0.307. The van der Waals surface area contributed by atoms with Crippen LogP contribution in [0.25, 0.3) is 0 Å². The first-order chi connectivity index (χ1) is 9.51. The number of carbonyl (C=O) groups excluding carboxylic acids is 2. The van der Waals surface area contributed by atoms with Crippen LogP contribution in [0.5, 0.6) is 0 Å². The SMILES string of the molecule is CCCN(CC(=O)OC)C(=O)c1ccccc1[N+](=O)[O-]. The van der Waals surface area contributed by atoms with Gasteiger partial charge in [0.05, 0.1) is 12.0 Å². The molecule has 0 unspecified atom stereocenters. The second-order valence-corrected chi connectivity index (χ2v) is 4.08. The molecule has 0 fully saturated rings. The maximum Gasteiger partial charge on any atom is 0.325 e. The Balaban J connectivity index is 3.06. The second-order valence-electron chi connectivity index (χ2n) is 4.08. The van der Waals surface area contributed by atoms with Gasteiger partial charge in [-0.05, 0) is 12.5 Å². The van der Waals surface area contributed by atoms with E-state index in [-0.39, 0.29) is 17.8 Å². The highest BCUT2D eigenvalue weighted by Crippen LogP contribution is 2.19. The van der Waals surface area contributed by atoms with Gasteiger partial charge in [0, 0.05) is 12.6 Å². The minimum Gasteiger partial charge on any atom is -0.468 e. The maximum absolute atomic E-state index is 12.3. The topological polar surface area (TPSA) is 89.8 Å². The number of nitrogens with zero attached hydrogens (tertiary/aromatic N) is 2. The predicted molar refractivity (Wildman–Crippen MR) is 71.3 cm³/mol. The first-order valence-corrected chi connectivity index (χ1v) is 6.10. The van der Waals surface area contributed by atoms with Crippen molar-refractivity contribution in [2.24, 2.45) is 0 Å². The fraction of sp³-hybridized carbons (Fsp3) is 0.385. The van der Waals surface area contributed by atoms with Crippen LogP contribution in [-0.4, -0.2) is 41.9 Å². The molecular weight excluding hydrogens is 264 g/mol. The smallest absolute Gasteiger partial charge is 0.325 e. The lowest BCUT2D eigenvalue weighted by Crippen LogP contribution is -2.37. The van der Waals surface area contributed by atoms with Crippen LogP contribution in [0.15, 0.2) is 24.3 Å². The third-order valence-corrected chi connectivity index (χ3v) is 2.66. The molecule has 108 valence electrons. The first-order valence-electron chi connectivity index (χ1n) is 6.10. The molecule has 0 N–H and O–H groups in total. The summed E-state index contributed by atoms with van der Waals surface area (Å²) < 4.78 is 4.52. The number of ether oxygens (including phenoxy) is 1. The number of carbonyl (C=O) groups is 2. The lowest BCUT2D eigenvalue weighted by atomic mass is 10.1. The highest BCUT2D eigenvalue weighted by molar-refractivity contribution is 5.99. The molecule has 0 aliphatic carbocycles. The third kappa shape index (κ3) is 3.78. The van der Waals surface area contributed by atoms with Gasteiger partial charge in [0.2, 0.25) is 0 Å². The van der Waals surface area contributed by atoms with Crippen LogP contribution in [0, 0.1) is 10.1 Å². The van der Waals surface area contributed by atoms with Crippen molar-refractivity contribution in [3.05, 3.63) is 39.9 Å². The van der Waals surface area contributed by atoms with Gasteiger partial charge in [-0.1, -0.05) is 19.1 Å². The van der Waals surface area contributed by atoms with Crippen molar-refractivity contribution in [2.45, 2.75) is 13.3 Å². The number of benzene rings is 1. The van der Waals surface area contributed by atoms with Crippen molar-refractivity contribution in [3.8, 4) is 0 Å². The van der Waals surface area contributed by atoms with E-state index in [0.29, 0.717) is 13.0 Å². The van der Waals surface area contributed by atoms with E-state index in [4.69, 9.17) is 0 Å². The van der Waals surface area contributed by atoms with Crippen molar-refractivity contribution < 1.29 is 19.2 Å². The van der Waals surface area contributed by atoms with Crippen LogP contribution < -0.4 is 0 Å². The molecule has 0 atom stereocenters. The molecule has 0 saturated carbocycles. The van der Waals surface area contributed by atoms with Gasteiger partial charge in [0.25, 0.3) is 11.6 Å². The van der Waals surface area contributed by atoms with E-state index < -0.39 is 16.8 Å². The Morgan fingerprint density at radius 3 is 2.55 bits per heavy atom. The zero-order valence-corrected chi connectivity index (χ0v) is 11.4. The van der Waals surface area contributed by atoms with E-state index in [1.54, 1.807) is 6.07 Å². The molecule has 0 aliphatic rings. The predicted octanol–water partition coefficient (Wildman–Crippen LogP) is 1.62. The average Bonchev–Trinajstić information content (AvgIpc) is 2.45. The van der Waals surface area contributed by atoms with Crippen molar-refractivity contribution >= 4 is 17.6 Å². The van der Waals surface area contributed by atoms with E-state index in [1.807, 2.05) is 6.92 Å². The Bertz CT molecular complexity index is 515. The number of rotatable bonds is 6. The average molecular weight is 280 g/mol. The summed E-state index contributed by atoms with van der Waals surface area (Å²) in [5.74, 6) is -1.12. The van der Waals surface area contributed by atoms with Crippen LogP contribution in [0.2, 0.25) is 0 Å². The first kappa shape index (κ1) is 15.6. The number of hydrogen-bond donors (Lipinski definition) is 0. The number of amides is 1. The van der Waals surface area contributed by atoms with E-state index in [2.05, 4.69) is 4.74 Å². The zero-order valence-electron chi connectivity index (χ0n) is 11.4.